The highest BCUT2D eigenvalue weighted by atomic mass is 79.9. The van der Waals surface area contributed by atoms with Crippen LogP contribution in [0.2, 0.25) is 0 Å². The van der Waals surface area contributed by atoms with Crippen molar-refractivity contribution in [2.75, 3.05) is 18.0 Å². The average molecular weight is 491 g/mol. The molecule has 0 amide bonds. The number of aryl methyl sites for hydroxylation is 2. The van der Waals surface area contributed by atoms with E-state index in [0.29, 0.717) is 30.8 Å². The van der Waals surface area contributed by atoms with Crippen LogP contribution in [0.4, 0.5) is 5.13 Å². The van der Waals surface area contributed by atoms with Crippen LogP contribution in [0, 0.1) is 13.8 Å². The van der Waals surface area contributed by atoms with Gasteiger partial charge in [-0.15, -0.1) is 11.3 Å². The molecule has 0 atom stereocenters. The first-order valence-electron chi connectivity index (χ1n) is 9.63. The van der Waals surface area contributed by atoms with E-state index in [1.54, 1.807) is 35.6 Å². The molecule has 1 aromatic heterocycles. The standard InChI is InChI=1S/C22H23BrN2O2S2/c1-15-4-3-5-16(2)21(15)20-14-28-22(24-20)25-12-10-19(11-13-25)29(26,27)18-8-6-17(23)7-9-18/h3-9,14,19H,10-13H2,1-2H3. The molecule has 0 unspecified atom stereocenters. The Morgan fingerprint density at radius 2 is 1.66 bits per heavy atom. The topological polar surface area (TPSA) is 50.3 Å². The van der Waals surface area contributed by atoms with Gasteiger partial charge in [0, 0.05) is 28.5 Å². The molecule has 1 fully saturated rings. The Balaban J connectivity index is 1.48. The molecule has 4 nitrogen and oxygen atoms in total. The smallest absolute Gasteiger partial charge is 0.185 e. The van der Waals surface area contributed by atoms with Crippen molar-refractivity contribution in [2.45, 2.75) is 36.8 Å². The predicted molar refractivity (Wildman–Crippen MR) is 124 cm³/mol. The molecule has 4 rings (SSSR count). The number of anilines is 1. The Bertz CT molecular complexity index is 1100. The second kappa shape index (κ2) is 8.20. The molecule has 1 aliphatic heterocycles. The summed E-state index contributed by atoms with van der Waals surface area (Å²) >= 11 is 5.00. The molecule has 0 bridgehead atoms. The van der Waals surface area contributed by atoms with Crippen LogP contribution >= 0.6 is 27.3 Å². The second-order valence-corrected chi connectivity index (χ2v) is 11.4. The molecule has 1 aliphatic rings. The van der Waals surface area contributed by atoms with Gasteiger partial charge in [0.1, 0.15) is 0 Å². The minimum Gasteiger partial charge on any atom is -0.348 e. The Morgan fingerprint density at radius 3 is 2.28 bits per heavy atom. The quantitative estimate of drug-likeness (QED) is 0.475. The van der Waals surface area contributed by atoms with Gasteiger partial charge in [0.2, 0.25) is 0 Å². The number of thiazole rings is 1. The van der Waals surface area contributed by atoms with Crippen molar-refractivity contribution in [2.24, 2.45) is 0 Å². The summed E-state index contributed by atoms with van der Waals surface area (Å²) in [6.07, 6.45) is 1.24. The van der Waals surface area contributed by atoms with Gasteiger partial charge in [0.15, 0.2) is 15.0 Å². The lowest BCUT2D eigenvalue weighted by molar-refractivity contribution is 0.529. The molecule has 0 N–H and O–H groups in total. The highest BCUT2D eigenvalue weighted by Gasteiger charge is 2.32. The number of rotatable bonds is 4. The van der Waals surface area contributed by atoms with Crippen molar-refractivity contribution in [3.05, 3.63) is 63.4 Å². The molecular formula is C22H23BrN2O2S2. The summed E-state index contributed by atoms with van der Waals surface area (Å²) in [5.74, 6) is 0. The Hall–Kier alpha value is -1.70. The van der Waals surface area contributed by atoms with Crippen LogP contribution in [-0.2, 0) is 9.84 Å². The number of hydrogen-bond acceptors (Lipinski definition) is 5. The maximum Gasteiger partial charge on any atom is 0.185 e. The summed E-state index contributed by atoms with van der Waals surface area (Å²) < 4.78 is 26.8. The van der Waals surface area contributed by atoms with Gasteiger partial charge in [0.05, 0.1) is 15.8 Å². The molecule has 3 aromatic rings. The molecule has 2 aromatic carbocycles. The number of halogens is 1. The summed E-state index contributed by atoms with van der Waals surface area (Å²) in [6, 6.07) is 13.2. The van der Waals surface area contributed by atoms with Gasteiger partial charge in [-0.1, -0.05) is 34.1 Å². The number of sulfone groups is 1. The first kappa shape index (κ1) is 20.6. The van der Waals surface area contributed by atoms with E-state index in [1.165, 1.54) is 16.7 Å². The average Bonchev–Trinajstić information content (AvgIpc) is 3.18. The molecule has 0 spiro atoms. The van der Waals surface area contributed by atoms with Crippen molar-refractivity contribution < 1.29 is 8.42 Å². The van der Waals surface area contributed by atoms with E-state index in [-0.39, 0.29) is 5.25 Å². The van der Waals surface area contributed by atoms with Crippen LogP contribution < -0.4 is 4.90 Å². The van der Waals surface area contributed by atoms with Crippen LogP contribution in [0.3, 0.4) is 0 Å². The zero-order valence-corrected chi connectivity index (χ0v) is 19.6. The molecule has 0 radical (unpaired) electrons. The third-order valence-electron chi connectivity index (χ3n) is 5.52. The van der Waals surface area contributed by atoms with Crippen LogP contribution in [0.25, 0.3) is 11.3 Å². The number of nitrogens with zero attached hydrogens (tertiary/aromatic N) is 2. The summed E-state index contributed by atoms with van der Waals surface area (Å²) in [6.45, 7) is 5.64. The minimum atomic E-state index is -3.30. The van der Waals surface area contributed by atoms with E-state index in [4.69, 9.17) is 4.98 Å². The lowest BCUT2D eigenvalue weighted by atomic mass is 10.0. The normalized spacial score (nSPS) is 15.6. The van der Waals surface area contributed by atoms with Crippen molar-refractivity contribution in [1.82, 2.24) is 4.98 Å². The van der Waals surface area contributed by atoms with Crippen molar-refractivity contribution in [3.8, 4) is 11.3 Å². The van der Waals surface area contributed by atoms with E-state index in [9.17, 15) is 8.42 Å². The number of aromatic nitrogens is 1. The van der Waals surface area contributed by atoms with Gasteiger partial charge in [-0.2, -0.15) is 0 Å². The van der Waals surface area contributed by atoms with Crippen molar-refractivity contribution in [1.29, 1.82) is 0 Å². The van der Waals surface area contributed by atoms with E-state index < -0.39 is 9.84 Å². The van der Waals surface area contributed by atoms with Gasteiger partial charge in [-0.3, -0.25) is 0 Å². The largest absolute Gasteiger partial charge is 0.348 e. The number of benzene rings is 2. The van der Waals surface area contributed by atoms with Crippen LogP contribution in [0.1, 0.15) is 24.0 Å². The third-order valence-corrected chi connectivity index (χ3v) is 9.23. The van der Waals surface area contributed by atoms with E-state index in [0.717, 1.165) is 15.3 Å². The fraction of sp³-hybridized carbons (Fsp3) is 0.318. The molecule has 1 saturated heterocycles. The second-order valence-electron chi connectivity index (χ2n) is 7.47. The van der Waals surface area contributed by atoms with Crippen LogP contribution in [0.5, 0.6) is 0 Å². The first-order valence-corrected chi connectivity index (χ1v) is 12.8. The van der Waals surface area contributed by atoms with Gasteiger partial charge >= 0.3 is 0 Å². The number of piperidine rings is 1. The van der Waals surface area contributed by atoms with Crippen molar-refractivity contribution >= 4 is 42.2 Å². The Kier molecular flexibility index (Phi) is 5.82. The van der Waals surface area contributed by atoms with Crippen LogP contribution in [-0.4, -0.2) is 31.7 Å². The summed E-state index contributed by atoms with van der Waals surface area (Å²) in [5.41, 5.74) is 4.65. The van der Waals surface area contributed by atoms with E-state index in [2.05, 4.69) is 58.3 Å². The molecule has 152 valence electrons. The predicted octanol–water partition coefficient (Wildman–Crippen LogP) is 5.63. The van der Waals surface area contributed by atoms with Gasteiger partial charge in [-0.05, 0) is 62.1 Å². The molecule has 0 saturated carbocycles. The monoisotopic (exact) mass is 490 g/mol. The lowest BCUT2D eigenvalue weighted by Crippen LogP contribution is -2.39. The highest BCUT2D eigenvalue weighted by molar-refractivity contribution is 9.10. The molecule has 29 heavy (non-hydrogen) atoms. The van der Waals surface area contributed by atoms with E-state index >= 15 is 0 Å². The van der Waals surface area contributed by atoms with Gasteiger partial charge in [0.25, 0.3) is 0 Å². The summed E-state index contributed by atoms with van der Waals surface area (Å²) in [7, 11) is -3.30. The minimum absolute atomic E-state index is 0.335. The van der Waals surface area contributed by atoms with Crippen molar-refractivity contribution in [3.63, 3.8) is 0 Å². The zero-order valence-electron chi connectivity index (χ0n) is 16.4. The van der Waals surface area contributed by atoms with E-state index in [1.807, 2.05) is 0 Å². The summed E-state index contributed by atoms with van der Waals surface area (Å²) in [4.78, 5) is 7.50. The lowest BCUT2D eigenvalue weighted by Gasteiger charge is -2.31. The SMILES string of the molecule is Cc1cccc(C)c1-c1csc(N2CCC(S(=O)(=O)c3ccc(Br)cc3)CC2)n1. The maximum atomic E-state index is 13.0. The Morgan fingerprint density at radius 1 is 1.03 bits per heavy atom. The zero-order chi connectivity index (χ0) is 20.6. The Labute approximate surface area is 184 Å². The van der Waals surface area contributed by atoms with Gasteiger partial charge in [-0.25, -0.2) is 13.4 Å². The molecule has 2 heterocycles. The molecule has 7 heteroatoms. The fourth-order valence-corrected chi connectivity index (χ4v) is 6.78. The first-order chi connectivity index (χ1) is 13.9. The number of hydrogen-bond donors (Lipinski definition) is 0. The van der Waals surface area contributed by atoms with Crippen LogP contribution in [0.15, 0.2) is 57.2 Å². The highest BCUT2D eigenvalue weighted by Crippen LogP contribution is 2.34. The molecule has 0 aliphatic carbocycles. The third kappa shape index (κ3) is 4.13. The maximum absolute atomic E-state index is 13.0. The fourth-order valence-electron chi connectivity index (χ4n) is 3.92. The van der Waals surface area contributed by atoms with Gasteiger partial charge < -0.3 is 4.90 Å². The molecular weight excluding hydrogens is 468 g/mol. The summed E-state index contributed by atoms with van der Waals surface area (Å²) in [5, 5.41) is 2.75.